The Kier molecular flexibility index (Phi) is 2.61. The van der Waals surface area contributed by atoms with Gasteiger partial charge >= 0.3 is 0 Å². The van der Waals surface area contributed by atoms with Crippen LogP contribution >= 0.6 is 15.9 Å². The van der Waals surface area contributed by atoms with E-state index in [4.69, 9.17) is 0 Å². The van der Waals surface area contributed by atoms with Crippen LogP contribution in [0.3, 0.4) is 0 Å². The van der Waals surface area contributed by atoms with Crippen LogP contribution in [-0.4, -0.2) is 10.2 Å². The molecule has 0 spiro atoms. The number of rotatable bonds is 1. The molecule has 0 aliphatic rings. The SMILES string of the molecule is Brc1ccccc1-c1nncc2ccccc12. The number of hydrogen-bond donors (Lipinski definition) is 0. The van der Waals surface area contributed by atoms with Crippen molar-refractivity contribution in [1.29, 1.82) is 0 Å². The van der Waals surface area contributed by atoms with E-state index in [2.05, 4.69) is 32.2 Å². The molecule has 3 aromatic rings. The Labute approximate surface area is 107 Å². The Bertz CT molecular complexity index is 674. The highest BCUT2D eigenvalue weighted by molar-refractivity contribution is 9.10. The molecule has 17 heavy (non-hydrogen) atoms. The van der Waals surface area contributed by atoms with Crippen LogP contribution in [0.2, 0.25) is 0 Å². The second-order valence-electron chi connectivity index (χ2n) is 3.76. The largest absolute Gasteiger partial charge is 0.158 e. The number of aromatic nitrogens is 2. The highest BCUT2D eigenvalue weighted by atomic mass is 79.9. The van der Waals surface area contributed by atoms with Crippen LogP contribution in [0.25, 0.3) is 22.0 Å². The Morgan fingerprint density at radius 1 is 0.882 bits per heavy atom. The highest BCUT2D eigenvalue weighted by Crippen LogP contribution is 2.30. The lowest BCUT2D eigenvalue weighted by atomic mass is 10.1. The highest BCUT2D eigenvalue weighted by Gasteiger charge is 2.08. The molecule has 1 heterocycles. The molecule has 0 saturated carbocycles. The molecule has 0 unspecified atom stereocenters. The molecule has 0 saturated heterocycles. The van der Waals surface area contributed by atoms with Crippen molar-refractivity contribution in [2.24, 2.45) is 0 Å². The lowest BCUT2D eigenvalue weighted by molar-refractivity contribution is 1.06. The van der Waals surface area contributed by atoms with E-state index in [9.17, 15) is 0 Å². The molecule has 1 aromatic heterocycles. The number of nitrogens with zero attached hydrogens (tertiary/aromatic N) is 2. The van der Waals surface area contributed by atoms with Crippen molar-refractivity contribution in [3.63, 3.8) is 0 Å². The summed E-state index contributed by atoms with van der Waals surface area (Å²) in [5.41, 5.74) is 1.98. The van der Waals surface area contributed by atoms with Gasteiger partial charge in [0.1, 0.15) is 5.69 Å². The van der Waals surface area contributed by atoms with E-state index in [1.54, 1.807) is 6.20 Å². The fourth-order valence-electron chi connectivity index (χ4n) is 1.88. The van der Waals surface area contributed by atoms with E-state index in [-0.39, 0.29) is 0 Å². The predicted octanol–water partition coefficient (Wildman–Crippen LogP) is 4.06. The van der Waals surface area contributed by atoms with Crippen LogP contribution in [0, 0.1) is 0 Å². The van der Waals surface area contributed by atoms with Crippen LogP contribution in [-0.2, 0) is 0 Å². The van der Waals surface area contributed by atoms with Gasteiger partial charge in [-0.1, -0.05) is 58.4 Å². The smallest absolute Gasteiger partial charge is 0.102 e. The zero-order valence-corrected chi connectivity index (χ0v) is 10.6. The summed E-state index contributed by atoms with van der Waals surface area (Å²) in [4.78, 5) is 0. The topological polar surface area (TPSA) is 25.8 Å². The van der Waals surface area contributed by atoms with Gasteiger partial charge in [-0.15, -0.1) is 5.10 Å². The second-order valence-corrected chi connectivity index (χ2v) is 4.61. The molecule has 0 atom stereocenters. The lowest BCUT2D eigenvalue weighted by Crippen LogP contribution is -1.90. The van der Waals surface area contributed by atoms with Gasteiger partial charge in [0.25, 0.3) is 0 Å². The molecule has 0 aliphatic carbocycles. The normalized spacial score (nSPS) is 10.6. The zero-order chi connectivity index (χ0) is 11.7. The van der Waals surface area contributed by atoms with E-state index in [1.165, 1.54) is 0 Å². The summed E-state index contributed by atoms with van der Waals surface area (Å²) in [5, 5.41) is 10.5. The molecule has 3 heteroatoms. The average molecular weight is 285 g/mol. The van der Waals surface area contributed by atoms with Crippen LogP contribution in [0.15, 0.2) is 59.2 Å². The molecule has 0 N–H and O–H groups in total. The fourth-order valence-corrected chi connectivity index (χ4v) is 2.35. The van der Waals surface area contributed by atoms with E-state index >= 15 is 0 Å². The lowest BCUT2D eigenvalue weighted by Gasteiger charge is -2.06. The number of hydrogen-bond acceptors (Lipinski definition) is 2. The Morgan fingerprint density at radius 3 is 2.53 bits per heavy atom. The summed E-state index contributed by atoms with van der Waals surface area (Å²) in [5.74, 6) is 0. The van der Waals surface area contributed by atoms with Crippen molar-refractivity contribution in [2.45, 2.75) is 0 Å². The molecule has 0 fully saturated rings. The van der Waals surface area contributed by atoms with E-state index < -0.39 is 0 Å². The van der Waals surface area contributed by atoms with Gasteiger partial charge in [0, 0.05) is 20.8 Å². The Morgan fingerprint density at radius 2 is 1.65 bits per heavy atom. The summed E-state index contributed by atoms with van der Waals surface area (Å²) in [7, 11) is 0. The van der Waals surface area contributed by atoms with E-state index in [0.29, 0.717) is 0 Å². The van der Waals surface area contributed by atoms with Gasteiger partial charge in [-0.3, -0.25) is 0 Å². The second kappa shape index (κ2) is 4.26. The number of fused-ring (bicyclic) bond motifs is 1. The maximum atomic E-state index is 4.26. The quantitative estimate of drug-likeness (QED) is 0.673. The van der Waals surface area contributed by atoms with Gasteiger partial charge in [0.2, 0.25) is 0 Å². The van der Waals surface area contributed by atoms with Crippen molar-refractivity contribution >= 4 is 26.7 Å². The van der Waals surface area contributed by atoms with Crippen LogP contribution in [0.4, 0.5) is 0 Å². The van der Waals surface area contributed by atoms with Crippen LogP contribution < -0.4 is 0 Å². The Hall–Kier alpha value is -1.74. The summed E-state index contributed by atoms with van der Waals surface area (Å²) in [6, 6.07) is 16.2. The minimum absolute atomic E-state index is 0.913. The first-order valence-corrected chi connectivity index (χ1v) is 6.11. The zero-order valence-electron chi connectivity index (χ0n) is 8.97. The monoisotopic (exact) mass is 284 g/mol. The first-order chi connectivity index (χ1) is 8.36. The van der Waals surface area contributed by atoms with Gasteiger partial charge < -0.3 is 0 Å². The van der Waals surface area contributed by atoms with E-state index in [0.717, 1.165) is 26.5 Å². The fraction of sp³-hybridized carbons (Fsp3) is 0. The summed E-state index contributed by atoms with van der Waals surface area (Å²) < 4.78 is 1.03. The van der Waals surface area contributed by atoms with Crippen molar-refractivity contribution in [1.82, 2.24) is 10.2 Å². The molecular formula is C14H9BrN2. The van der Waals surface area contributed by atoms with Crippen LogP contribution in [0.1, 0.15) is 0 Å². The summed E-state index contributed by atoms with van der Waals surface area (Å²) in [6.07, 6.45) is 1.79. The van der Waals surface area contributed by atoms with Gasteiger partial charge in [-0.25, -0.2) is 0 Å². The van der Waals surface area contributed by atoms with Crippen molar-refractivity contribution < 1.29 is 0 Å². The molecule has 0 amide bonds. The molecule has 2 aromatic carbocycles. The van der Waals surface area contributed by atoms with Crippen LogP contribution in [0.5, 0.6) is 0 Å². The summed E-state index contributed by atoms with van der Waals surface area (Å²) in [6.45, 7) is 0. The third-order valence-electron chi connectivity index (χ3n) is 2.70. The van der Waals surface area contributed by atoms with Gasteiger partial charge in [0.15, 0.2) is 0 Å². The standard InChI is InChI=1S/C14H9BrN2/c15-13-8-4-3-7-12(13)14-11-6-2-1-5-10(11)9-16-17-14/h1-9H. The number of halogens is 1. The third-order valence-corrected chi connectivity index (χ3v) is 3.39. The minimum Gasteiger partial charge on any atom is -0.158 e. The van der Waals surface area contributed by atoms with E-state index in [1.807, 2.05) is 42.5 Å². The van der Waals surface area contributed by atoms with Crippen molar-refractivity contribution in [3.8, 4) is 11.3 Å². The van der Waals surface area contributed by atoms with Gasteiger partial charge in [-0.05, 0) is 6.07 Å². The van der Waals surface area contributed by atoms with Gasteiger partial charge in [0.05, 0.1) is 6.20 Å². The van der Waals surface area contributed by atoms with Gasteiger partial charge in [-0.2, -0.15) is 5.10 Å². The molecule has 0 bridgehead atoms. The maximum Gasteiger partial charge on any atom is 0.102 e. The summed E-state index contributed by atoms with van der Waals surface area (Å²) >= 11 is 3.55. The average Bonchev–Trinajstić information content (AvgIpc) is 2.39. The maximum absolute atomic E-state index is 4.26. The third kappa shape index (κ3) is 1.83. The predicted molar refractivity (Wildman–Crippen MR) is 72.7 cm³/mol. The molecule has 82 valence electrons. The number of benzene rings is 2. The first kappa shape index (κ1) is 10.4. The van der Waals surface area contributed by atoms with Crippen molar-refractivity contribution in [3.05, 3.63) is 59.2 Å². The van der Waals surface area contributed by atoms with Crippen molar-refractivity contribution in [2.75, 3.05) is 0 Å². The first-order valence-electron chi connectivity index (χ1n) is 5.31. The molecule has 3 rings (SSSR count). The molecule has 2 nitrogen and oxygen atoms in total. The molecular weight excluding hydrogens is 276 g/mol. The molecule has 0 radical (unpaired) electrons. The minimum atomic E-state index is 0.913. The molecule has 0 aliphatic heterocycles. The Balaban J connectivity index is 2.35.